The van der Waals surface area contributed by atoms with Gasteiger partial charge >= 0.3 is 0 Å². The Kier molecular flexibility index (Phi) is 6.22. The van der Waals surface area contributed by atoms with Gasteiger partial charge in [0.25, 0.3) is 0 Å². The smallest absolute Gasteiger partial charge is 0.217 e. The maximum Gasteiger partial charge on any atom is 0.217 e. The van der Waals surface area contributed by atoms with E-state index in [9.17, 15) is 8.42 Å². The molecule has 1 unspecified atom stereocenters. The summed E-state index contributed by atoms with van der Waals surface area (Å²) in [5.74, 6) is 0. The minimum Gasteiger partial charge on any atom is -0.383 e. The minimum absolute atomic E-state index is 0.279. The average molecular weight is 306 g/mol. The topological polar surface area (TPSA) is 67.9 Å². The Morgan fingerprint density at radius 2 is 2.05 bits per heavy atom. The molecule has 0 aromatic carbocycles. The van der Waals surface area contributed by atoms with Crippen molar-refractivity contribution in [1.29, 1.82) is 0 Å². The molecule has 2 aliphatic rings. The molecule has 2 fully saturated rings. The van der Waals surface area contributed by atoms with Crippen molar-refractivity contribution in [2.24, 2.45) is 0 Å². The van der Waals surface area contributed by atoms with Crippen molar-refractivity contribution in [3.63, 3.8) is 0 Å². The third-order valence-electron chi connectivity index (χ3n) is 4.08. The molecule has 0 radical (unpaired) electrons. The Morgan fingerprint density at radius 3 is 2.65 bits per heavy atom. The van der Waals surface area contributed by atoms with Crippen LogP contribution in [0.4, 0.5) is 0 Å². The number of hydrogen-bond acceptors (Lipinski definition) is 5. The number of nitrogens with zero attached hydrogens (tertiary/aromatic N) is 1. The number of rotatable bonds is 7. The molecule has 0 spiro atoms. The zero-order valence-corrected chi connectivity index (χ0v) is 13.0. The molecular weight excluding hydrogens is 280 g/mol. The summed E-state index contributed by atoms with van der Waals surface area (Å²) in [4.78, 5) is 0. The van der Waals surface area contributed by atoms with E-state index in [0.717, 1.165) is 19.4 Å². The molecule has 118 valence electrons. The first-order valence-corrected chi connectivity index (χ1v) is 8.94. The van der Waals surface area contributed by atoms with Gasteiger partial charge in [-0.1, -0.05) is 0 Å². The Bertz CT molecular complexity index is 376. The van der Waals surface area contributed by atoms with Gasteiger partial charge in [-0.05, 0) is 32.2 Å². The number of hydrogen-bond donors (Lipinski definition) is 1. The highest BCUT2D eigenvalue weighted by atomic mass is 32.2. The van der Waals surface area contributed by atoms with Crippen molar-refractivity contribution in [2.45, 2.75) is 37.0 Å². The zero-order valence-electron chi connectivity index (χ0n) is 12.2. The zero-order chi connectivity index (χ0) is 14.4. The van der Waals surface area contributed by atoms with Crippen molar-refractivity contribution in [2.75, 3.05) is 46.6 Å². The first-order valence-electron chi connectivity index (χ1n) is 7.43. The van der Waals surface area contributed by atoms with Gasteiger partial charge < -0.3 is 14.8 Å². The van der Waals surface area contributed by atoms with Gasteiger partial charge in [0.15, 0.2) is 0 Å². The minimum atomic E-state index is -3.25. The number of ether oxygens (including phenoxy) is 2. The monoisotopic (exact) mass is 306 g/mol. The van der Waals surface area contributed by atoms with Crippen LogP contribution in [0.1, 0.15) is 25.7 Å². The SMILES string of the molecule is COCCN(CC1CCCN1)S(=O)(=O)C1CCOCC1. The van der Waals surface area contributed by atoms with E-state index in [4.69, 9.17) is 9.47 Å². The molecular formula is C13H26N2O4S. The third kappa shape index (κ3) is 4.14. The maximum atomic E-state index is 12.8. The van der Waals surface area contributed by atoms with E-state index in [2.05, 4.69) is 5.32 Å². The van der Waals surface area contributed by atoms with Gasteiger partial charge in [-0.25, -0.2) is 8.42 Å². The fourth-order valence-corrected chi connectivity index (χ4v) is 4.79. The predicted molar refractivity (Wildman–Crippen MR) is 77.2 cm³/mol. The normalized spacial score (nSPS) is 25.4. The Balaban J connectivity index is 2.02. The van der Waals surface area contributed by atoms with Crippen LogP contribution in [-0.2, 0) is 19.5 Å². The van der Waals surface area contributed by atoms with E-state index in [-0.39, 0.29) is 11.3 Å². The largest absolute Gasteiger partial charge is 0.383 e. The van der Waals surface area contributed by atoms with Crippen LogP contribution in [0, 0.1) is 0 Å². The van der Waals surface area contributed by atoms with E-state index >= 15 is 0 Å². The molecule has 2 heterocycles. The molecule has 20 heavy (non-hydrogen) atoms. The van der Waals surface area contributed by atoms with Gasteiger partial charge in [-0.2, -0.15) is 4.31 Å². The quantitative estimate of drug-likeness (QED) is 0.727. The Labute approximate surface area is 121 Å². The van der Waals surface area contributed by atoms with Crippen LogP contribution in [0.5, 0.6) is 0 Å². The molecule has 2 aliphatic heterocycles. The van der Waals surface area contributed by atoms with Gasteiger partial charge in [-0.3, -0.25) is 0 Å². The van der Waals surface area contributed by atoms with Crippen molar-refractivity contribution >= 4 is 10.0 Å². The summed E-state index contributed by atoms with van der Waals surface area (Å²) in [7, 11) is -1.65. The predicted octanol–water partition coefficient (Wildman–Crippen LogP) is 0.196. The Morgan fingerprint density at radius 1 is 1.30 bits per heavy atom. The molecule has 1 atom stereocenters. The Hall–Kier alpha value is -0.210. The first-order chi connectivity index (χ1) is 9.64. The molecule has 0 aromatic heterocycles. The summed E-state index contributed by atoms with van der Waals surface area (Å²) in [6.07, 6.45) is 3.38. The molecule has 0 saturated carbocycles. The van der Waals surface area contributed by atoms with Crippen LogP contribution >= 0.6 is 0 Å². The summed E-state index contributed by atoms with van der Waals surface area (Å²) in [6, 6.07) is 0.279. The van der Waals surface area contributed by atoms with Gasteiger partial charge in [-0.15, -0.1) is 0 Å². The highest BCUT2D eigenvalue weighted by molar-refractivity contribution is 7.89. The van der Waals surface area contributed by atoms with Crippen molar-refractivity contribution in [3.05, 3.63) is 0 Å². The van der Waals surface area contributed by atoms with Crippen LogP contribution in [0.15, 0.2) is 0 Å². The second kappa shape index (κ2) is 7.70. The lowest BCUT2D eigenvalue weighted by molar-refractivity contribution is 0.0966. The fourth-order valence-electron chi connectivity index (χ4n) is 2.86. The lowest BCUT2D eigenvalue weighted by Gasteiger charge is -2.31. The van der Waals surface area contributed by atoms with E-state index in [1.54, 1.807) is 11.4 Å². The molecule has 2 rings (SSSR count). The standard InChI is InChI=1S/C13H26N2O4S/c1-18-10-7-15(11-12-3-2-6-14-12)20(16,17)13-4-8-19-9-5-13/h12-14H,2-11H2,1H3. The third-order valence-corrected chi connectivity index (χ3v) is 6.45. The van der Waals surface area contributed by atoms with Crippen LogP contribution in [0.3, 0.4) is 0 Å². The lowest BCUT2D eigenvalue weighted by atomic mass is 10.2. The van der Waals surface area contributed by atoms with E-state index in [1.807, 2.05) is 0 Å². The second-order valence-corrected chi connectivity index (χ2v) is 7.71. The highest BCUT2D eigenvalue weighted by Crippen LogP contribution is 2.21. The summed E-state index contributed by atoms with van der Waals surface area (Å²) in [5.41, 5.74) is 0. The van der Waals surface area contributed by atoms with Crippen LogP contribution < -0.4 is 5.32 Å². The van der Waals surface area contributed by atoms with Crippen molar-refractivity contribution in [1.82, 2.24) is 9.62 Å². The molecule has 1 N–H and O–H groups in total. The van der Waals surface area contributed by atoms with Crippen LogP contribution in [0.25, 0.3) is 0 Å². The molecule has 0 bridgehead atoms. The summed E-state index contributed by atoms with van der Waals surface area (Å²) in [5, 5.41) is 3.07. The van der Waals surface area contributed by atoms with E-state index in [1.165, 1.54) is 0 Å². The highest BCUT2D eigenvalue weighted by Gasteiger charge is 2.34. The van der Waals surface area contributed by atoms with Crippen molar-refractivity contribution in [3.8, 4) is 0 Å². The molecule has 0 aromatic rings. The number of sulfonamides is 1. The molecule has 2 saturated heterocycles. The number of nitrogens with one attached hydrogen (secondary N) is 1. The average Bonchev–Trinajstić information content (AvgIpc) is 2.97. The summed E-state index contributed by atoms with van der Waals surface area (Å²) >= 11 is 0. The fraction of sp³-hybridized carbons (Fsp3) is 1.00. The molecule has 6 nitrogen and oxygen atoms in total. The van der Waals surface area contributed by atoms with E-state index in [0.29, 0.717) is 45.8 Å². The molecule has 7 heteroatoms. The van der Waals surface area contributed by atoms with Crippen LogP contribution in [-0.4, -0.2) is 70.6 Å². The number of methoxy groups -OCH3 is 1. The summed E-state index contributed by atoms with van der Waals surface area (Å²) in [6.45, 7) is 3.51. The van der Waals surface area contributed by atoms with Gasteiger partial charge in [0.05, 0.1) is 11.9 Å². The van der Waals surface area contributed by atoms with Crippen molar-refractivity contribution < 1.29 is 17.9 Å². The second-order valence-electron chi connectivity index (χ2n) is 5.50. The van der Waals surface area contributed by atoms with Gasteiger partial charge in [0.2, 0.25) is 10.0 Å². The molecule has 0 aliphatic carbocycles. The van der Waals surface area contributed by atoms with E-state index < -0.39 is 10.0 Å². The van der Waals surface area contributed by atoms with Gasteiger partial charge in [0.1, 0.15) is 0 Å². The van der Waals surface area contributed by atoms with Gasteiger partial charge in [0, 0.05) is 39.5 Å². The molecule has 0 amide bonds. The lowest BCUT2D eigenvalue weighted by Crippen LogP contribution is -2.47. The maximum absolute atomic E-state index is 12.8. The van der Waals surface area contributed by atoms with Crippen LogP contribution in [0.2, 0.25) is 0 Å². The summed E-state index contributed by atoms with van der Waals surface area (Å²) < 4.78 is 37.5. The first kappa shape index (κ1) is 16.2.